The fourth-order valence-corrected chi connectivity index (χ4v) is 5.83. The lowest BCUT2D eigenvalue weighted by Gasteiger charge is -2.59. The Morgan fingerprint density at radius 1 is 1.33 bits per heavy atom. The predicted octanol–water partition coefficient (Wildman–Crippen LogP) is 4.94. The molecular formula is C15H22Br2O. The van der Waals surface area contributed by atoms with Gasteiger partial charge in [-0.3, -0.25) is 0 Å². The second kappa shape index (κ2) is 4.75. The van der Waals surface area contributed by atoms with E-state index in [1.807, 2.05) is 11.9 Å². The maximum Gasteiger partial charge on any atom is 0.0726 e. The summed E-state index contributed by atoms with van der Waals surface area (Å²) in [4.78, 5) is 2.41. The number of hydrogen-bond donors (Lipinski definition) is 1. The Hall–Kier alpha value is 0.400. The zero-order chi connectivity index (χ0) is 13.6. The molecule has 0 aromatic carbocycles. The van der Waals surface area contributed by atoms with Gasteiger partial charge in [-0.25, -0.2) is 0 Å². The maximum atomic E-state index is 11.0. The van der Waals surface area contributed by atoms with Gasteiger partial charge in [0.25, 0.3) is 0 Å². The van der Waals surface area contributed by atoms with E-state index in [1.54, 1.807) is 0 Å². The van der Waals surface area contributed by atoms with Gasteiger partial charge in [-0.15, -0.1) is 0 Å². The highest BCUT2D eigenvalue weighted by atomic mass is 79.9. The highest BCUT2D eigenvalue weighted by Gasteiger charge is 2.58. The molecule has 18 heavy (non-hydrogen) atoms. The topological polar surface area (TPSA) is 20.2 Å². The van der Waals surface area contributed by atoms with E-state index in [-0.39, 0.29) is 10.8 Å². The molecule has 0 saturated heterocycles. The van der Waals surface area contributed by atoms with E-state index >= 15 is 0 Å². The monoisotopic (exact) mass is 376 g/mol. The first-order valence-electron chi connectivity index (χ1n) is 6.59. The molecule has 102 valence electrons. The zero-order valence-corrected chi connectivity index (χ0v) is 14.5. The summed E-state index contributed by atoms with van der Waals surface area (Å²) < 4.78 is 0. The number of rotatable bonds is 0. The lowest BCUT2D eigenvalue weighted by molar-refractivity contribution is -0.140. The normalized spacial score (nSPS) is 45.7. The van der Waals surface area contributed by atoms with E-state index in [9.17, 15) is 5.11 Å². The van der Waals surface area contributed by atoms with Crippen molar-refractivity contribution >= 4 is 31.9 Å². The number of allylic oxidation sites excluding steroid dienone is 2. The van der Waals surface area contributed by atoms with Crippen molar-refractivity contribution in [2.24, 2.45) is 10.8 Å². The van der Waals surface area contributed by atoms with Crippen molar-refractivity contribution in [2.75, 3.05) is 0 Å². The molecule has 3 atom stereocenters. The molecular weight excluding hydrogens is 356 g/mol. The molecule has 1 nitrogen and oxygen atoms in total. The Kier molecular flexibility index (Phi) is 3.90. The average Bonchev–Trinajstić information content (AvgIpc) is 2.25. The van der Waals surface area contributed by atoms with Gasteiger partial charge in [0.2, 0.25) is 0 Å². The van der Waals surface area contributed by atoms with Crippen LogP contribution in [-0.4, -0.2) is 15.5 Å². The molecule has 1 spiro atoms. The third-order valence-electron chi connectivity index (χ3n) is 5.05. The van der Waals surface area contributed by atoms with E-state index in [4.69, 9.17) is 0 Å². The summed E-state index contributed by atoms with van der Waals surface area (Å²) in [6, 6.07) is 0. The fourth-order valence-electron chi connectivity index (χ4n) is 4.01. The van der Waals surface area contributed by atoms with Crippen molar-refractivity contribution in [1.29, 1.82) is 0 Å². The van der Waals surface area contributed by atoms with E-state index in [2.05, 4.69) is 57.9 Å². The van der Waals surface area contributed by atoms with Gasteiger partial charge in [-0.2, -0.15) is 0 Å². The summed E-state index contributed by atoms with van der Waals surface area (Å²) in [6.07, 6.45) is 8.45. The molecule has 0 aromatic heterocycles. The molecule has 0 aromatic rings. The van der Waals surface area contributed by atoms with Crippen LogP contribution in [-0.2, 0) is 0 Å². The molecule has 1 unspecified atom stereocenters. The van der Waals surface area contributed by atoms with Gasteiger partial charge in [0.15, 0.2) is 0 Å². The van der Waals surface area contributed by atoms with E-state index in [1.165, 1.54) is 5.57 Å². The van der Waals surface area contributed by atoms with Crippen molar-refractivity contribution in [3.05, 3.63) is 22.7 Å². The van der Waals surface area contributed by atoms with E-state index in [0.29, 0.717) is 4.83 Å². The van der Waals surface area contributed by atoms with Crippen molar-refractivity contribution in [2.45, 2.75) is 56.9 Å². The van der Waals surface area contributed by atoms with Gasteiger partial charge in [0.1, 0.15) is 0 Å². The highest BCUT2D eigenvalue weighted by Crippen LogP contribution is 2.61. The number of halogens is 2. The van der Waals surface area contributed by atoms with Gasteiger partial charge in [-0.1, -0.05) is 57.9 Å². The summed E-state index contributed by atoms with van der Waals surface area (Å²) in [5, 5.41) is 11.0. The second-order valence-corrected chi connectivity index (χ2v) is 8.40. The fraction of sp³-hybridized carbons (Fsp3) is 0.733. The lowest BCUT2D eigenvalue weighted by Crippen LogP contribution is -2.59. The summed E-state index contributed by atoms with van der Waals surface area (Å²) in [7, 11) is 0. The van der Waals surface area contributed by atoms with Gasteiger partial charge in [0, 0.05) is 10.2 Å². The highest BCUT2D eigenvalue weighted by molar-refractivity contribution is 9.11. The molecule has 2 aliphatic carbocycles. The summed E-state index contributed by atoms with van der Waals surface area (Å²) in [5.41, 5.74) is 0.673. The van der Waals surface area contributed by atoms with Crippen LogP contribution in [0.15, 0.2) is 22.7 Å². The van der Waals surface area contributed by atoms with Crippen LogP contribution < -0.4 is 0 Å². The molecule has 0 amide bonds. The molecule has 0 heterocycles. The molecule has 0 radical (unpaired) electrons. The van der Waals surface area contributed by atoms with Gasteiger partial charge < -0.3 is 5.11 Å². The van der Waals surface area contributed by atoms with Gasteiger partial charge in [0.05, 0.1) is 5.60 Å². The number of aliphatic hydroxyl groups is 1. The van der Waals surface area contributed by atoms with Crippen LogP contribution in [0.5, 0.6) is 0 Å². The molecule has 2 aliphatic rings. The molecule has 1 N–H and O–H groups in total. The Morgan fingerprint density at radius 2 is 2.00 bits per heavy atom. The minimum atomic E-state index is -0.642. The van der Waals surface area contributed by atoms with Crippen molar-refractivity contribution in [1.82, 2.24) is 0 Å². The maximum absolute atomic E-state index is 11.0. The van der Waals surface area contributed by atoms with Crippen molar-refractivity contribution < 1.29 is 5.11 Å². The summed E-state index contributed by atoms with van der Waals surface area (Å²) in [6.45, 7) is 6.60. The van der Waals surface area contributed by atoms with Crippen molar-refractivity contribution in [3.8, 4) is 0 Å². The molecule has 1 fully saturated rings. The van der Waals surface area contributed by atoms with Crippen LogP contribution in [0.25, 0.3) is 0 Å². The first kappa shape index (κ1) is 14.8. The first-order valence-corrected chi connectivity index (χ1v) is 8.42. The molecule has 0 aliphatic heterocycles. The Morgan fingerprint density at radius 3 is 2.44 bits per heavy atom. The number of alkyl halides is 1. The van der Waals surface area contributed by atoms with E-state index in [0.717, 1.165) is 25.7 Å². The first-order chi connectivity index (χ1) is 8.24. The zero-order valence-electron chi connectivity index (χ0n) is 11.3. The Bertz CT molecular complexity index is 375. The smallest absolute Gasteiger partial charge is 0.0726 e. The van der Waals surface area contributed by atoms with Gasteiger partial charge in [-0.05, 0) is 48.6 Å². The molecule has 1 saturated carbocycles. The number of hydrogen-bond acceptors (Lipinski definition) is 1. The van der Waals surface area contributed by atoms with Crippen LogP contribution >= 0.6 is 31.9 Å². The summed E-state index contributed by atoms with van der Waals surface area (Å²) in [5.74, 6) is 0. The summed E-state index contributed by atoms with van der Waals surface area (Å²) >= 11 is 7.12. The average molecular weight is 378 g/mol. The quantitative estimate of drug-likeness (QED) is 0.593. The molecule has 3 heteroatoms. The van der Waals surface area contributed by atoms with Crippen LogP contribution in [0.2, 0.25) is 0 Å². The third kappa shape index (κ3) is 2.16. The third-order valence-corrected chi connectivity index (χ3v) is 6.29. The Balaban J connectivity index is 2.46. The molecule has 2 rings (SSSR count). The van der Waals surface area contributed by atoms with Crippen molar-refractivity contribution in [3.63, 3.8) is 0 Å². The van der Waals surface area contributed by atoms with Crippen LogP contribution in [0.3, 0.4) is 0 Å². The van der Waals surface area contributed by atoms with Crippen LogP contribution in [0, 0.1) is 10.8 Å². The Labute approximate surface area is 127 Å². The lowest BCUT2D eigenvalue weighted by atomic mass is 9.48. The van der Waals surface area contributed by atoms with Crippen LogP contribution in [0.4, 0.5) is 0 Å². The largest absolute Gasteiger partial charge is 0.389 e. The SMILES string of the molecule is CC1(C)C[C@@H](Br)CC(C)(O)[C@@]12C=C/C(=C\Br)CC2. The minimum absolute atomic E-state index is 0.107. The van der Waals surface area contributed by atoms with E-state index < -0.39 is 5.60 Å². The molecule has 0 bridgehead atoms. The second-order valence-electron chi connectivity index (χ2n) is 6.65. The predicted molar refractivity (Wildman–Crippen MR) is 84.2 cm³/mol. The van der Waals surface area contributed by atoms with Gasteiger partial charge >= 0.3 is 0 Å². The minimum Gasteiger partial charge on any atom is -0.389 e. The standard InChI is InChI=1S/C15H22Br2O/c1-13(2)8-12(17)9-14(3,18)15(13)6-4-11(10-16)5-7-15/h4,6,10,12,18H,5,7-9H2,1-3H3/b11-10+/t12-,14?,15-/m1/s1. The van der Waals surface area contributed by atoms with Crippen LogP contribution in [0.1, 0.15) is 46.5 Å².